The third-order valence-corrected chi connectivity index (χ3v) is 5.68. The zero-order chi connectivity index (χ0) is 22.6. The van der Waals surface area contributed by atoms with Gasteiger partial charge in [0.2, 0.25) is 0 Å². The van der Waals surface area contributed by atoms with E-state index in [1.807, 2.05) is 56.3 Å². The van der Waals surface area contributed by atoms with Crippen molar-refractivity contribution in [1.82, 2.24) is 4.98 Å². The van der Waals surface area contributed by atoms with Crippen molar-refractivity contribution in [2.45, 2.75) is 38.7 Å². The Balaban J connectivity index is 1.42. The van der Waals surface area contributed by atoms with Crippen molar-refractivity contribution in [3.8, 4) is 5.75 Å². The molecule has 0 amide bonds. The SMILES string of the molecule is CC(C)(O)c1ccccc1CCCc1cccc(/C=C/c2ccc3ccc(O)cc3n2)c1. The number of aliphatic hydroxyl groups is 1. The quantitative estimate of drug-likeness (QED) is 0.356. The highest BCUT2D eigenvalue weighted by Crippen LogP contribution is 2.25. The number of benzene rings is 3. The lowest BCUT2D eigenvalue weighted by Crippen LogP contribution is -2.18. The second-order valence-corrected chi connectivity index (χ2v) is 8.76. The second-order valence-electron chi connectivity index (χ2n) is 8.76. The number of hydrogen-bond acceptors (Lipinski definition) is 3. The van der Waals surface area contributed by atoms with Crippen LogP contribution >= 0.6 is 0 Å². The van der Waals surface area contributed by atoms with Gasteiger partial charge in [0.05, 0.1) is 16.8 Å². The summed E-state index contributed by atoms with van der Waals surface area (Å²) in [7, 11) is 0. The van der Waals surface area contributed by atoms with Gasteiger partial charge in [0.25, 0.3) is 0 Å². The molecule has 0 saturated heterocycles. The fourth-order valence-electron chi connectivity index (χ4n) is 4.07. The van der Waals surface area contributed by atoms with Gasteiger partial charge >= 0.3 is 0 Å². The minimum absolute atomic E-state index is 0.226. The van der Waals surface area contributed by atoms with Crippen LogP contribution in [-0.4, -0.2) is 15.2 Å². The third kappa shape index (κ3) is 5.43. The van der Waals surface area contributed by atoms with Crippen LogP contribution in [0.15, 0.2) is 78.9 Å². The van der Waals surface area contributed by atoms with Crippen molar-refractivity contribution in [3.05, 3.63) is 107 Å². The number of aromatic nitrogens is 1. The van der Waals surface area contributed by atoms with Gasteiger partial charge in [-0.15, -0.1) is 0 Å². The van der Waals surface area contributed by atoms with E-state index in [1.165, 1.54) is 11.1 Å². The minimum atomic E-state index is -0.823. The number of fused-ring (bicyclic) bond motifs is 1. The van der Waals surface area contributed by atoms with Crippen LogP contribution in [0.5, 0.6) is 5.75 Å². The predicted molar refractivity (Wildman–Crippen MR) is 132 cm³/mol. The minimum Gasteiger partial charge on any atom is -0.508 e. The van der Waals surface area contributed by atoms with Crippen LogP contribution in [0.3, 0.4) is 0 Å². The molecule has 4 aromatic rings. The monoisotopic (exact) mass is 423 g/mol. The van der Waals surface area contributed by atoms with Crippen LogP contribution in [0.2, 0.25) is 0 Å². The first-order valence-electron chi connectivity index (χ1n) is 11.1. The van der Waals surface area contributed by atoms with Crippen molar-refractivity contribution >= 4 is 23.1 Å². The highest BCUT2D eigenvalue weighted by molar-refractivity contribution is 5.82. The Morgan fingerprint density at radius 2 is 1.66 bits per heavy atom. The molecule has 0 bridgehead atoms. The number of hydrogen-bond donors (Lipinski definition) is 2. The second kappa shape index (κ2) is 9.37. The smallest absolute Gasteiger partial charge is 0.117 e. The Morgan fingerprint density at radius 1 is 0.844 bits per heavy atom. The van der Waals surface area contributed by atoms with Gasteiger partial charge < -0.3 is 10.2 Å². The molecular formula is C29H29NO2. The summed E-state index contributed by atoms with van der Waals surface area (Å²) < 4.78 is 0. The van der Waals surface area contributed by atoms with Crippen LogP contribution in [0.4, 0.5) is 0 Å². The summed E-state index contributed by atoms with van der Waals surface area (Å²) in [4.78, 5) is 4.62. The molecule has 3 heteroatoms. The van der Waals surface area contributed by atoms with Crippen molar-refractivity contribution in [3.63, 3.8) is 0 Å². The molecule has 2 N–H and O–H groups in total. The Bertz CT molecular complexity index is 1250. The first-order valence-corrected chi connectivity index (χ1v) is 11.1. The number of aryl methyl sites for hydroxylation is 2. The zero-order valence-electron chi connectivity index (χ0n) is 18.6. The van der Waals surface area contributed by atoms with E-state index in [2.05, 4.69) is 41.4 Å². The molecule has 0 unspecified atom stereocenters. The van der Waals surface area contributed by atoms with Gasteiger partial charge in [0, 0.05) is 11.5 Å². The third-order valence-electron chi connectivity index (χ3n) is 5.68. The molecule has 0 spiro atoms. The lowest BCUT2D eigenvalue weighted by molar-refractivity contribution is 0.0776. The Hall–Kier alpha value is -3.43. The Labute approximate surface area is 189 Å². The molecule has 0 atom stereocenters. The molecule has 0 aliphatic carbocycles. The first-order chi connectivity index (χ1) is 15.4. The molecule has 162 valence electrons. The Kier molecular flexibility index (Phi) is 6.38. The summed E-state index contributed by atoms with van der Waals surface area (Å²) in [6.07, 6.45) is 7.02. The van der Waals surface area contributed by atoms with Gasteiger partial charge in [-0.3, -0.25) is 0 Å². The molecule has 0 aliphatic rings. The average Bonchev–Trinajstić information content (AvgIpc) is 2.77. The summed E-state index contributed by atoms with van der Waals surface area (Å²) in [6, 6.07) is 25.9. The Morgan fingerprint density at radius 3 is 2.50 bits per heavy atom. The summed E-state index contributed by atoms with van der Waals surface area (Å²) in [5.41, 5.74) is 5.47. The number of pyridine rings is 1. The number of rotatable bonds is 7. The van der Waals surface area contributed by atoms with E-state index in [1.54, 1.807) is 12.1 Å². The highest BCUT2D eigenvalue weighted by atomic mass is 16.3. The highest BCUT2D eigenvalue weighted by Gasteiger charge is 2.18. The molecule has 1 aromatic heterocycles. The van der Waals surface area contributed by atoms with Gasteiger partial charge in [-0.05, 0) is 79.6 Å². The normalized spacial score (nSPS) is 12.0. The van der Waals surface area contributed by atoms with Gasteiger partial charge in [-0.1, -0.05) is 60.7 Å². The molecule has 1 heterocycles. The average molecular weight is 424 g/mol. The standard InChI is InChI=1S/C29H29NO2/c1-29(2,32)27-12-4-3-10-23(27)11-6-9-21-7-5-8-22(19-21)13-16-25-17-14-24-15-18-26(31)20-28(24)30-25/h3-5,7-8,10,12-20,31-32H,6,9,11H2,1-2H3/b16-13+. The van der Waals surface area contributed by atoms with Crippen LogP contribution < -0.4 is 0 Å². The van der Waals surface area contributed by atoms with Crippen molar-refractivity contribution in [2.24, 2.45) is 0 Å². The molecule has 3 aromatic carbocycles. The van der Waals surface area contributed by atoms with Crippen molar-refractivity contribution in [1.29, 1.82) is 0 Å². The van der Waals surface area contributed by atoms with E-state index in [9.17, 15) is 10.2 Å². The van der Waals surface area contributed by atoms with Crippen LogP contribution in [-0.2, 0) is 18.4 Å². The predicted octanol–water partition coefficient (Wildman–Crippen LogP) is 6.51. The summed E-state index contributed by atoms with van der Waals surface area (Å²) in [6.45, 7) is 3.68. The van der Waals surface area contributed by atoms with E-state index in [0.29, 0.717) is 0 Å². The lowest BCUT2D eigenvalue weighted by Gasteiger charge is -2.21. The first kappa shape index (κ1) is 21.8. The van der Waals surface area contributed by atoms with E-state index in [-0.39, 0.29) is 5.75 Å². The van der Waals surface area contributed by atoms with E-state index in [0.717, 1.165) is 47.0 Å². The molecule has 0 radical (unpaired) electrons. The maximum Gasteiger partial charge on any atom is 0.117 e. The molecule has 3 nitrogen and oxygen atoms in total. The summed E-state index contributed by atoms with van der Waals surface area (Å²) in [5, 5.41) is 21.1. The van der Waals surface area contributed by atoms with Crippen molar-refractivity contribution < 1.29 is 10.2 Å². The molecular weight excluding hydrogens is 394 g/mol. The largest absolute Gasteiger partial charge is 0.508 e. The van der Waals surface area contributed by atoms with Gasteiger partial charge in [-0.25, -0.2) is 4.98 Å². The zero-order valence-corrected chi connectivity index (χ0v) is 18.6. The van der Waals surface area contributed by atoms with Crippen LogP contribution in [0.1, 0.15) is 48.2 Å². The summed E-state index contributed by atoms with van der Waals surface area (Å²) >= 11 is 0. The maximum atomic E-state index is 10.4. The number of phenolic OH excluding ortho intramolecular Hbond substituents is 1. The van der Waals surface area contributed by atoms with E-state index < -0.39 is 5.60 Å². The fourth-order valence-corrected chi connectivity index (χ4v) is 4.07. The van der Waals surface area contributed by atoms with Gasteiger partial charge in [0.15, 0.2) is 0 Å². The molecule has 0 aliphatic heterocycles. The van der Waals surface area contributed by atoms with E-state index >= 15 is 0 Å². The van der Waals surface area contributed by atoms with Gasteiger partial charge in [-0.2, -0.15) is 0 Å². The van der Waals surface area contributed by atoms with Crippen molar-refractivity contribution in [2.75, 3.05) is 0 Å². The van der Waals surface area contributed by atoms with E-state index in [4.69, 9.17) is 0 Å². The summed E-state index contributed by atoms with van der Waals surface area (Å²) in [5.74, 6) is 0.226. The fraction of sp³-hybridized carbons (Fsp3) is 0.207. The molecule has 0 saturated carbocycles. The topological polar surface area (TPSA) is 53.4 Å². The number of phenols is 1. The number of aromatic hydroxyl groups is 1. The molecule has 0 fully saturated rings. The van der Waals surface area contributed by atoms with Crippen LogP contribution in [0, 0.1) is 0 Å². The van der Waals surface area contributed by atoms with Crippen LogP contribution in [0.25, 0.3) is 23.1 Å². The number of nitrogens with zero attached hydrogens (tertiary/aromatic N) is 1. The molecule has 32 heavy (non-hydrogen) atoms. The lowest BCUT2D eigenvalue weighted by atomic mass is 9.90. The maximum absolute atomic E-state index is 10.4. The van der Waals surface area contributed by atoms with Gasteiger partial charge in [0.1, 0.15) is 5.75 Å². The molecule has 4 rings (SSSR count).